The normalized spacial score (nSPS) is 13.4. The number of halogens is 3. The van der Waals surface area contributed by atoms with Crippen LogP contribution in [0.2, 0.25) is 0 Å². The Bertz CT molecular complexity index is 879. The third kappa shape index (κ3) is 3.14. The first-order valence-electron chi connectivity index (χ1n) is 7.64. The molecule has 0 aliphatic heterocycles. The average molecular weight is 333 g/mol. The van der Waals surface area contributed by atoms with Crippen LogP contribution in [0.5, 0.6) is 0 Å². The van der Waals surface area contributed by atoms with Crippen molar-refractivity contribution in [2.45, 2.75) is 32.6 Å². The number of aromatic nitrogens is 2. The summed E-state index contributed by atoms with van der Waals surface area (Å²) in [6, 6.07) is 11.2. The van der Waals surface area contributed by atoms with Gasteiger partial charge in [-0.2, -0.15) is 13.2 Å². The molecule has 0 fully saturated rings. The van der Waals surface area contributed by atoms with Crippen molar-refractivity contribution in [2.24, 2.45) is 5.73 Å². The van der Waals surface area contributed by atoms with Crippen LogP contribution in [0.4, 0.5) is 13.2 Å². The lowest BCUT2D eigenvalue weighted by atomic mass is 10.1. The monoisotopic (exact) mass is 333 g/mol. The molecule has 6 heteroatoms. The van der Waals surface area contributed by atoms with Crippen LogP contribution in [-0.2, 0) is 12.7 Å². The van der Waals surface area contributed by atoms with Gasteiger partial charge >= 0.3 is 6.18 Å². The molecule has 0 amide bonds. The number of imidazole rings is 1. The Balaban J connectivity index is 2.13. The molecular weight excluding hydrogens is 315 g/mol. The Morgan fingerprint density at radius 1 is 1.17 bits per heavy atom. The quantitative estimate of drug-likeness (QED) is 0.770. The highest BCUT2D eigenvalue weighted by molar-refractivity contribution is 5.77. The number of fused-ring (bicyclic) bond motifs is 1. The number of rotatable bonds is 3. The van der Waals surface area contributed by atoms with Crippen LogP contribution in [0.3, 0.4) is 0 Å². The number of benzene rings is 2. The third-order valence-electron chi connectivity index (χ3n) is 3.94. The molecule has 0 bridgehead atoms. The Hall–Kier alpha value is -2.34. The summed E-state index contributed by atoms with van der Waals surface area (Å²) in [4.78, 5) is 4.34. The maximum Gasteiger partial charge on any atom is 0.416 e. The molecule has 3 aromatic rings. The van der Waals surface area contributed by atoms with E-state index in [2.05, 4.69) is 4.98 Å². The second-order valence-corrected chi connectivity index (χ2v) is 6.04. The fraction of sp³-hybridized carbons (Fsp3) is 0.278. The molecule has 0 saturated carbocycles. The lowest BCUT2D eigenvalue weighted by Crippen LogP contribution is -2.14. The molecule has 0 aliphatic rings. The largest absolute Gasteiger partial charge is 0.416 e. The number of hydrogen-bond donors (Lipinski definition) is 1. The predicted octanol–water partition coefficient (Wildman–Crippen LogP) is 4.43. The number of nitrogens with two attached hydrogens (primary N) is 1. The van der Waals surface area contributed by atoms with Crippen molar-refractivity contribution in [1.29, 1.82) is 0 Å². The number of aryl methyl sites for hydroxylation is 1. The maximum atomic E-state index is 12.9. The zero-order chi connectivity index (χ0) is 17.5. The van der Waals surface area contributed by atoms with Crippen LogP contribution in [0.25, 0.3) is 11.0 Å². The van der Waals surface area contributed by atoms with Crippen molar-refractivity contribution >= 4 is 11.0 Å². The van der Waals surface area contributed by atoms with Gasteiger partial charge in [-0.3, -0.25) is 0 Å². The van der Waals surface area contributed by atoms with Crippen LogP contribution in [0, 0.1) is 6.92 Å². The van der Waals surface area contributed by atoms with E-state index in [-0.39, 0.29) is 6.04 Å². The average Bonchev–Trinajstić information content (AvgIpc) is 2.85. The van der Waals surface area contributed by atoms with Crippen molar-refractivity contribution in [1.82, 2.24) is 9.55 Å². The van der Waals surface area contributed by atoms with E-state index >= 15 is 0 Å². The van der Waals surface area contributed by atoms with Crippen LogP contribution in [-0.4, -0.2) is 9.55 Å². The molecule has 3 rings (SSSR count). The van der Waals surface area contributed by atoms with Gasteiger partial charge in [0.2, 0.25) is 0 Å². The van der Waals surface area contributed by atoms with E-state index in [4.69, 9.17) is 5.73 Å². The first kappa shape index (κ1) is 16.5. The van der Waals surface area contributed by atoms with Gasteiger partial charge in [-0.05, 0) is 37.6 Å². The SMILES string of the molecule is Cc1cccc(Cn2c([C@H](C)N)nc3cc(C(F)(F)F)ccc32)c1. The van der Waals surface area contributed by atoms with Gasteiger partial charge in [0.1, 0.15) is 5.82 Å². The summed E-state index contributed by atoms with van der Waals surface area (Å²) in [5, 5.41) is 0. The van der Waals surface area contributed by atoms with Crippen molar-refractivity contribution in [3.8, 4) is 0 Å². The summed E-state index contributed by atoms with van der Waals surface area (Å²) in [6.07, 6.45) is -4.39. The Kier molecular flexibility index (Phi) is 4.09. The predicted molar refractivity (Wildman–Crippen MR) is 87.6 cm³/mol. The van der Waals surface area contributed by atoms with Crippen molar-refractivity contribution in [3.05, 3.63) is 65.0 Å². The summed E-state index contributed by atoms with van der Waals surface area (Å²) < 4.78 is 40.6. The van der Waals surface area contributed by atoms with Gasteiger partial charge in [-0.15, -0.1) is 0 Å². The highest BCUT2D eigenvalue weighted by atomic mass is 19.4. The molecule has 1 aromatic heterocycles. The molecule has 1 heterocycles. The summed E-state index contributed by atoms with van der Waals surface area (Å²) in [6.45, 7) is 4.29. The van der Waals surface area contributed by atoms with E-state index in [0.717, 1.165) is 23.3 Å². The maximum absolute atomic E-state index is 12.9. The zero-order valence-corrected chi connectivity index (χ0v) is 13.4. The van der Waals surface area contributed by atoms with Gasteiger partial charge in [-0.1, -0.05) is 29.8 Å². The van der Waals surface area contributed by atoms with Gasteiger partial charge < -0.3 is 10.3 Å². The molecule has 126 valence electrons. The highest BCUT2D eigenvalue weighted by Crippen LogP contribution is 2.32. The molecule has 3 nitrogen and oxygen atoms in total. The number of alkyl halides is 3. The minimum Gasteiger partial charge on any atom is -0.322 e. The molecule has 0 spiro atoms. The molecule has 0 radical (unpaired) electrons. The van der Waals surface area contributed by atoms with Gasteiger partial charge in [0.15, 0.2) is 0 Å². The minimum atomic E-state index is -4.39. The summed E-state index contributed by atoms with van der Waals surface area (Å²) in [7, 11) is 0. The van der Waals surface area contributed by atoms with Crippen molar-refractivity contribution in [3.63, 3.8) is 0 Å². The Morgan fingerprint density at radius 2 is 1.92 bits per heavy atom. The zero-order valence-electron chi connectivity index (χ0n) is 13.4. The minimum absolute atomic E-state index is 0.310. The van der Waals surface area contributed by atoms with Crippen LogP contribution < -0.4 is 5.73 Å². The van der Waals surface area contributed by atoms with Gasteiger partial charge in [0.05, 0.1) is 22.6 Å². The van der Waals surface area contributed by atoms with Crippen LogP contribution in [0.1, 0.15) is 35.5 Å². The lowest BCUT2D eigenvalue weighted by molar-refractivity contribution is -0.137. The molecular formula is C18H18F3N3. The molecule has 2 N–H and O–H groups in total. The van der Waals surface area contributed by atoms with E-state index < -0.39 is 11.7 Å². The second-order valence-electron chi connectivity index (χ2n) is 6.04. The van der Waals surface area contributed by atoms with Gasteiger partial charge in [0, 0.05) is 6.54 Å². The Labute approximate surface area is 137 Å². The van der Waals surface area contributed by atoms with E-state index in [1.54, 1.807) is 6.92 Å². The van der Waals surface area contributed by atoms with E-state index in [0.29, 0.717) is 23.4 Å². The first-order chi connectivity index (χ1) is 11.3. The topological polar surface area (TPSA) is 43.8 Å². The smallest absolute Gasteiger partial charge is 0.322 e. The van der Waals surface area contributed by atoms with E-state index in [1.165, 1.54) is 6.07 Å². The number of hydrogen-bond acceptors (Lipinski definition) is 2. The fourth-order valence-corrected chi connectivity index (χ4v) is 2.83. The molecule has 0 aliphatic carbocycles. The number of nitrogens with zero attached hydrogens (tertiary/aromatic N) is 2. The van der Waals surface area contributed by atoms with Crippen LogP contribution in [0.15, 0.2) is 42.5 Å². The lowest BCUT2D eigenvalue weighted by Gasteiger charge is -2.12. The van der Waals surface area contributed by atoms with Gasteiger partial charge in [-0.25, -0.2) is 4.98 Å². The molecule has 0 saturated heterocycles. The van der Waals surface area contributed by atoms with Crippen molar-refractivity contribution in [2.75, 3.05) is 0 Å². The third-order valence-corrected chi connectivity index (χ3v) is 3.94. The van der Waals surface area contributed by atoms with Crippen LogP contribution >= 0.6 is 0 Å². The standard InChI is InChI=1S/C18H18F3N3/c1-11-4-3-5-13(8-11)10-24-16-7-6-14(18(19,20)21)9-15(16)23-17(24)12(2)22/h3-9,12H,10,22H2,1-2H3/t12-/m0/s1. The van der Waals surface area contributed by atoms with Crippen molar-refractivity contribution < 1.29 is 13.2 Å². The molecule has 0 unspecified atom stereocenters. The Morgan fingerprint density at radius 3 is 2.54 bits per heavy atom. The second kappa shape index (κ2) is 5.94. The summed E-state index contributed by atoms with van der Waals surface area (Å²) in [5.74, 6) is 0.575. The molecule has 2 aromatic carbocycles. The summed E-state index contributed by atoms with van der Waals surface area (Å²) in [5.41, 5.74) is 8.41. The van der Waals surface area contributed by atoms with Gasteiger partial charge in [0.25, 0.3) is 0 Å². The summed E-state index contributed by atoms with van der Waals surface area (Å²) >= 11 is 0. The molecule has 1 atom stereocenters. The van der Waals surface area contributed by atoms with E-state index in [9.17, 15) is 13.2 Å². The fourth-order valence-electron chi connectivity index (χ4n) is 2.83. The van der Waals surface area contributed by atoms with E-state index in [1.807, 2.05) is 35.8 Å². The highest BCUT2D eigenvalue weighted by Gasteiger charge is 2.31. The first-order valence-corrected chi connectivity index (χ1v) is 7.64. The molecule has 24 heavy (non-hydrogen) atoms.